The second kappa shape index (κ2) is 18.6. The summed E-state index contributed by atoms with van der Waals surface area (Å²) in [4.78, 5) is 8.85. The minimum Gasteiger partial charge on any atom is -0.309 e. The quantitative estimate of drug-likeness (QED) is 0.142. The number of anilines is 3. The molecule has 73 heavy (non-hydrogen) atoms. The summed E-state index contributed by atoms with van der Waals surface area (Å²) in [5, 5.41) is 0. The van der Waals surface area contributed by atoms with Gasteiger partial charge < -0.3 is 4.90 Å². The van der Waals surface area contributed by atoms with Gasteiger partial charge in [-0.2, -0.15) is 79.0 Å². The standard InChI is InChI=1S/C52H27F18N3/c53-47(54,55)33-20-31(21-34(24-33)48(56,57)58)43-38(51(65,66)67)14-16-41(45(43)29-10-6-18-71-26-29)73(40-13-5-4-12-37(40)28-8-2-1-3-9-28)42-17-15-39(52(68,69)70)44(46(42)30-11-7-19-72-27-30)32-22-35(49(59,60)61)25-36(23-32)50(62,63)64/h1-27H. The van der Waals surface area contributed by atoms with E-state index in [1.165, 1.54) is 48.5 Å². The molecule has 2 aromatic heterocycles. The average Bonchev–Trinajstić information content (AvgIpc) is 3.32. The van der Waals surface area contributed by atoms with E-state index in [0.29, 0.717) is 24.3 Å². The van der Waals surface area contributed by atoms with Crippen LogP contribution in [0.25, 0.3) is 55.6 Å². The van der Waals surface area contributed by atoms with Gasteiger partial charge in [0, 0.05) is 63.7 Å². The minimum atomic E-state index is -5.61. The fourth-order valence-electron chi connectivity index (χ4n) is 8.35. The van der Waals surface area contributed by atoms with Crippen LogP contribution in [0.1, 0.15) is 33.4 Å². The number of aromatic nitrogens is 2. The van der Waals surface area contributed by atoms with Crippen molar-refractivity contribution in [2.45, 2.75) is 37.1 Å². The highest BCUT2D eigenvalue weighted by molar-refractivity contribution is 6.05. The first-order valence-electron chi connectivity index (χ1n) is 20.9. The third-order valence-corrected chi connectivity index (χ3v) is 11.3. The van der Waals surface area contributed by atoms with Gasteiger partial charge in [-0.25, -0.2) is 0 Å². The molecule has 0 fully saturated rings. The van der Waals surface area contributed by atoms with Crippen molar-refractivity contribution in [1.82, 2.24) is 9.97 Å². The van der Waals surface area contributed by atoms with Gasteiger partial charge in [0.1, 0.15) is 0 Å². The van der Waals surface area contributed by atoms with E-state index in [4.69, 9.17) is 0 Å². The minimum absolute atomic E-state index is 0.0366. The van der Waals surface area contributed by atoms with E-state index >= 15 is 26.3 Å². The number of hydrogen-bond acceptors (Lipinski definition) is 3. The van der Waals surface area contributed by atoms with Crippen LogP contribution in [0, 0.1) is 0 Å². The Morgan fingerprint density at radius 1 is 0.288 bits per heavy atom. The fraction of sp³-hybridized carbons (Fsp3) is 0.115. The Bertz CT molecular complexity index is 3060. The van der Waals surface area contributed by atoms with Crippen molar-refractivity contribution in [3.05, 3.63) is 198 Å². The lowest BCUT2D eigenvalue weighted by Gasteiger charge is -2.34. The maximum Gasteiger partial charge on any atom is 0.417 e. The van der Waals surface area contributed by atoms with Crippen LogP contribution in [0.4, 0.5) is 96.1 Å². The molecule has 0 saturated carbocycles. The molecule has 376 valence electrons. The highest BCUT2D eigenvalue weighted by atomic mass is 19.4. The Kier molecular flexibility index (Phi) is 13.2. The molecule has 0 amide bonds. The Morgan fingerprint density at radius 2 is 0.644 bits per heavy atom. The van der Waals surface area contributed by atoms with Crippen LogP contribution < -0.4 is 4.90 Å². The third-order valence-electron chi connectivity index (χ3n) is 11.3. The van der Waals surface area contributed by atoms with Gasteiger partial charge in [-0.15, -0.1) is 0 Å². The van der Waals surface area contributed by atoms with Crippen molar-refractivity contribution >= 4 is 17.1 Å². The van der Waals surface area contributed by atoms with Gasteiger partial charge in [-0.05, 0) is 95.6 Å². The molecule has 0 N–H and O–H groups in total. The Morgan fingerprint density at radius 3 is 0.986 bits per heavy atom. The maximum atomic E-state index is 15.5. The van der Waals surface area contributed by atoms with Crippen molar-refractivity contribution in [2.75, 3.05) is 4.90 Å². The maximum absolute atomic E-state index is 15.5. The predicted octanol–water partition coefficient (Wildman–Crippen LogP) is 18.4. The molecule has 8 aromatic rings. The molecule has 0 saturated heterocycles. The number of benzene rings is 6. The van der Waals surface area contributed by atoms with Gasteiger partial charge in [0.2, 0.25) is 0 Å². The van der Waals surface area contributed by atoms with Crippen molar-refractivity contribution in [2.24, 2.45) is 0 Å². The van der Waals surface area contributed by atoms with Crippen molar-refractivity contribution in [1.29, 1.82) is 0 Å². The fourth-order valence-corrected chi connectivity index (χ4v) is 8.35. The Labute approximate surface area is 400 Å². The SMILES string of the molecule is FC(F)(F)c1cc(-c2c(C(F)(F)F)ccc(N(c3ccccc3-c3ccccc3)c3ccc(C(F)(F)F)c(-c4cc(C(F)(F)F)cc(C(F)(F)F)c4)c3-c3cccnc3)c2-c2cccnc2)cc(C(F)(F)F)c1. The van der Waals surface area contributed by atoms with E-state index in [-0.39, 0.29) is 53.2 Å². The summed E-state index contributed by atoms with van der Waals surface area (Å²) < 4.78 is 268. The Balaban J connectivity index is 1.66. The van der Waals surface area contributed by atoms with Crippen LogP contribution in [-0.4, -0.2) is 9.97 Å². The molecule has 0 atom stereocenters. The van der Waals surface area contributed by atoms with Gasteiger partial charge >= 0.3 is 37.1 Å². The molecule has 2 heterocycles. The van der Waals surface area contributed by atoms with Crippen molar-refractivity contribution in [3.63, 3.8) is 0 Å². The number of nitrogens with zero attached hydrogens (tertiary/aromatic N) is 3. The second-order valence-corrected chi connectivity index (χ2v) is 16.1. The zero-order valence-corrected chi connectivity index (χ0v) is 36.2. The molecule has 0 unspecified atom stereocenters. The van der Waals surface area contributed by atoms with Gasteiger partial charge in [0.15, 0.2) is 0 Å². The first kappa shape index (κ1) is 51.5. The highest BCUT2D eigenvalue weighted by Gasteiger charge is 2.44. The topological polar surface area (TPSA) is 29.0 Å². The molecule has 0 aliphatic carbocycles. The van der Waals surface area contributed by atoms with Gasteiger partial charge in [-0.3, -0.25) is 9.97 Å². The average molecular weight is 1040 g/mol. The predicted molar refractivity (Wildman–Crippen MR) is 234 cm³/mol. The molecule has 8 rings (SSSR count). The molecular weight excluding hydrogens is 1010 g/mol. The summed E-state index contributed by atoms with van der Waals surface area (Å²) in [6.45, 7) is 0. The first-order valence-corrected chi connectivity index (χ1v) is 20.9. The van der Waals surface area contributed by atoms with Crippen molar-refractivity contribution < 1.29 is 79.0 Å². The molecule has 3 nitrogen and oxygen atoms in total. The van der Waals surface area contributed by atoms with Crippen LogP contribution in [-0.2, 0) is 37.1 Å². The van der Waals surface area contributed by atoms with Crippen LogP contribution in [0.2, 0.25) is 0 Å². The van der Waals surface area contributed by atoms with Crippen LogP contribution in [0.3, 0.4) is 0 Å². The number of rotatable bonds is 8. The molecule has 6 aromatic carbocycles. The summed E-state index contributed by atoms with van der Waals surface area (Å²) in [6.07, 6.45) is -29.6. The molecule has 0 radical (unpaired) electrons. The molecule has 0 aliphatic rings. The normalized spacial score (nSPS) is 12.8. The molecule has 0 spiro atoms. The zero-order valence-electron chi connectivity index (χ0n) is 36.2. The number of hydrogen-bond donors (Lipinski definition) is 0. The molecule has 0 aliphatic heterocycles. The lowest BCUT2D eigenvalue weighted by atomic mass is 9.85. The van der Waals surface area contributed by atoms with Gasteiger partial charge in [-0.1, -0.05) is 60.7 Å². The number of halogens is 18. The van der Waals surface area contributed by atoms with Gasteiger partial charge in [0.05, 0.1) is 50.4 Å². The number of pyridine rings is 2. The van der Waals surface area contributed by atoms with Gasteiger partial charge in [0.25, 0.3) is 0 Å². The first-order chi connectivity index (χ1) is 34.0. The highest BCUT2D eigenvalue weighted by Crippen LogP contribution is 2.56. The summed E-state index contributed by atoms with van der Waals surface area (Å²) in [7, 11) is 0. The van der Waals surface area contributed by atoms with E-state index in [1.807, 2.05) is 0 Å². The molecular formula is C52H27F18N3. The smallest absolute Gasteiger partial charge is 0.309 e. The van der Waals surface area contributed by atoms with E-state index in [2.05, 4.69) is 9.97 Å². The third kappa shape index (κ3) is 10.6. The number of para-hydroxylation sites is 1. The van der Waals surface area contributed by atoms with E-state index in [0.717, 1.165) is 54.0 Å². The lowest BCUT2D eigenvalue weighted by Crippen LogP contribution is -2.18. The largest absolute Gasteiger partial charge is 0.417 e. The summed E-state index contributed by atoms with van der Waals surface area (Å²) in [6, 6.07) is 19.1. The van der Waals surface area contributed by atoms with Crippen LogP contribution >= 0.6 is 0 Å². The van der Waals surface area contributed by atoms with E-state index in [9.17, 15) is 52.7 Å². The Hall–Kier alpha value is -7.84. The zero-order chi connectivity index (χ0) is 53.1. The van der Waals surface area contributed by atoms with Crippen molar-refractivity contribution in [3.8, 4) is 55.6 Å². The van der Waals surface area contributed by atoms with E-state index < -0.39 is 126 Å². The van der Waals surface area contributed by atoms with E-state index in [1.54, 1.807) is 6.07 Å². The number of alkyl halides is 18. The monoisotopic (exact) mass is 1040 g/mol. The van der Waals surface area contributed by atoms with Crippen LogP contribution in [0.15, 0.2) is 164 Å². The summed E-state index contributed by atoms with van der Waals surface area (Å²) in [5.74, 6) is 0. The van der Waals surface area contributed by atoms with Crippen LogP contribution in [0.5, 0.6) is 0 Å². The summed E-state index contributed by atoms with van der Waals surface area (Å²) in [5.41, 5.74) is -20.7. The molecule has 21 heteroatoms. The second-order valence-electron chi connectivity index (χ2n) is 16.1. The summed E-state index contributed by atoms with van der Waals surface area (Å²) >= 11 is 0. The lowest BCUT2D eigenvalue weighted by molar-refractivity contribution is -0.144. The molecule has 0 bridgehead atoms.